The Morgan fingerprint density at radius 2 is 2.11 bits per heavy atom. The van der Waals surface area contributed by atoms with Crippen LogP contribution in [0.4, 0.5) is 5.82 Å². The number of allylic oxidation sites excluding steroid dienone is 1. The number of hydrogen-bond donors (Lipinski definition) is 0. The molecular weight excluding hydrogens is 342 g/mol. The number of nitrogens with zero attached hydrogens (tertiary/aromatic N) is 5. The minimum atomic E-state index is -0.0928. The number of ether oxygens (including phenoxy) is 1. The van der Waals surface area contributed by atoms with Gasteiger partial charge in [-0.3, -0.25) is 4.79 Å². The summed E-state index contributed by atoms with van der Waals surface area (Å²) in [4.78, 5) is 19.0. The van der Waals surface area contributed by atoms with Crippen LogP contribution in [0.5, 0.6) is 0 Å². The summed E-state index contributed by atoms with van der Waals surface area (Å²) in [6.45, 7) is 6.02. The molecule has 7 heteroatoms. The minimum Gasteiger partial charge on any atom is -0.466 e. The molecule has 0 radical (unpaired) electrons. The summed E-state index contributed by atoms with van der Waals surface area (Å²) in [5.41, 5.74) is 0.751. The van der Waals surface area contributed by atoms with E-state index in [4.69, 9.17) is 4.74 Å². The third-order valence-electron chi connectivity index (χ3n) is 5.69. The molecule has 2 aliphatic rings. The van der Waals surface area contributed by atoms with Gasteiger partial charge in [0.15, 0.2) is 11.6 Å². The maximum absolute atomic E-state index is 12.5. The zero-order chi connectivity index (χ0) is 19.0. The molecular formula is C20H25N5O2. The number of aromatic nitrogens is 4. The molecule has 3 heterocycles. The number of fused-ring (bicyclic) bond motifs is 1. The molecule has 1 saturated heterocycles. The molecule has 4 atom stereocenters. The van der Waals surface area contributed by atoms with Gasteiger partial charge >= 0.3 is 5.97 Å². The maximum atomic E-state index is 12.5. The van der Waals surface area contributed by atoms with Crippen LogP contribution in [0.2, 0.25) is 0 Å². The molecule has 0 amide bonds. The lowest BCUT2D eigenvalue weighted by atomic mass is 9.72. The van der Waals surface area contributed by atoms with Crippen LogP contribution in [0.3, 0.4) is 0 Å². The quantitative estimate of drug-likeness (QED) is 0.610. The molecule has 0 N–H and O–H groups in total. The van der Waals surface area contributed by atoms with Gasteiger partial charge in [0.05, 0.1) is 12.5 Å². The van der Waals surface area contributed by atoms with Crippen molar-refractivity contribution in [2.24, 2.45) is 30.7 Å². The predicted molar refractivity (Wildman–Crippen MR) is 102 cm³/mol. The molecule has 7 nitrogen and oxygen atoms in total. The van der Waals surface area contributed by atoms with Crippen LogP contribution in [0.15, 0.2) is 36.7 Å². The summed E-state index contributed by atoms with van der Waals surface area (Å²) < 4.78 is 7.26. The van der Waals surface area contributed by atoms with Crippen molar-refractivity contribution in [3.8, 4) is 11.5 Å². The summed E-state index contributed by atoms with van der Waals surface area (Å²) in [7, 11) is 1.94. The van der Waals surface area contributed by atoms with Crippen LogP contribution in [0.25, 0.3) is 11.5 Å². The van der Waals surface area contributed by atoms with E-state index in [1.165, 1.54) is 0 Å². The molecule has 1 aliphatic carbocycles. The number of aryl methyl sites for hydroxylation is 1. The normalized spacial score (nSPS) is 26.9. The highest BCUT2D eigenvalue weighted by atomic mass is 16.5. The Kier molecular flexibility index (Phi) is 4.68. The molecule has 0 saturated carbocycles. The highest BCUT2D eigenvalue weighted by Gasteiger charge is 2.45. The van der Waals surface area contributed by atoms with Crippen molar-refractivity contribution in [2.45, 2.75) is 13.8 Å². The van der Waals surface area contributed by atoms with E-state index in [1.54, 1.807) is 6.20 Å². The number of hydrogen-bond acceptors (Lipinski definition) is 6. The molecule has 27 heavy (non-hydrogen) atoms. The van der Waals surface area contributed by atoms with Gasteiger partial charge in [0.1, 0.15) is 5.69 Å². The Morgan fingerprint density at radius 3 is 2.78 bits per heavy atom. The number of esters is 1. The maximum Gasteiger partial charge on any atom is 0.309 e. The van der Waals surface area contributed by atoms with Crippen molar-refractivity contribution >= 4 is 11.8 Å². The molecule has 142 valence electrons. The summed E-state index contributed by atoms with van der Waals surface area (Å²) in [6, 6.07) is 3.94. The van der Waals surface area contributed by atoms with Gasteiger partial charge in [-0.2, -0.15) is 0 Å². The van der Waals surface area contributed by atoms with E-state index < -0.39 is 0 Å². The lowest BCUT2D eigenvalue weighted by Crippen LogP contribution is -2.37. The van der Waals surface area contributed by atoms with Crippen LogP contribution in [0.1, 0.15) is 13.8 Å². The second-order valence-electron chi connectivity index (χ2n) is 7.39. The van der Waals surface area contributed by atoms with E-state index in [0.717, 1.165) is 30.4 Å². The first-order valence-corrected chi connectivity index (χ1v) is 9.49. The first-order valence-electron chi connectivity index (χ1n) is 9.49. The summed E-state index contributed by atoms with van der Waals surface area (Å²) in [6.07, 6.45) is 8.04. The summed E-state index contributed by atoms with van der Waals surface area (Å²) in [5.74, 6) is 2.25. The van der Waals surface area contributed by atoms with Crippen LogP contribution in [-0.4, -0.2) is 45.4 Å². The van der Waals surface area contributed by atoms with Gasteiger partial charge in [-0.15, -0.1) is 10.2 Å². The third-order valence-corrected chi connectivity index (χ3v) is 5.69. The summed E-state index contributed by atoms with van der Waals surface area (Å²) >= 11 is 0. The Labute approximate surface area is 159 Å². The van der Waals surface area contributed by atoms with Gasteiger partial charge in [0.25, 0.3) is 0 Å². The Balaban J connectivity index is 1.53. The molecule has 0 spiro atoms. The molecule has 2 aromatic rings. The number of anilines is 1. The van der Waals surface area contributed by atoms with Crippen LogP contribution in [0, 0.1) is 23.7 Å². The second kappa shape index (κ2) is 7.13. The van der Waals surface area contributed by atoms with Crippen molar-refractivity contribution in [1.29, 1.82) is 0 Å². The van der Waals surface area contributed by atoms with Gasteiger partial charge in [0.2, 0.25) is 0 Å². The number of carbonyl (C=O) groups excluding carboxylic acids is 1. The first kappa shape index (κ1) is 17.7. The Bertz CT molecular complexity index is 844. The van der Waals surface area contributed by atoms with Gasteiger partial charge in [-0.1, -0.05) is 19.1 Å². The molecule has 0 aromatic carbocycles. The monoisotopic (exact) mass is 367 g/mol. The molecule has 4 rings (SSSR count). The first-order chi connectivity index (χ1) is 13.1. The topological polar surface area (TPSA) is 73.1 Å². The van der Waals surface area contributed by atoms with Crippen LogP contribution in [-0.2, 0) is 16.6 Å². The second-order valence-corrected chi connectivity index (χ2v) is 7.39. The van der Waals surface area contributed by atoms with E-state index in [1.807, 2.05) is 36.9 Å². The SMILES string of the molecule is CCOC(=O)[C@@H]1[C@H]2CN(c3ccc(-c4nccn4C)nn3)C[C@@H]2C=C[C@@H]1C. The van der Waals surface area contributed by atoms with Gasteiger partial charge in [0, 0.05) is 32.5 Å². The molecule has 2 aromatic heterocycles. The van der Waals surface area contributed by atoms with E-state index in [2.05, 4.69) is 39.2 Å². The molecule has 1 aliphatic heterocycles. The van der Waals surface area contributed by atoms with Crippen LogP contribution < -0.4 is 4.90 Å². The van der Waals surface area contributed by atoms with Crippen LogP contribution >= 0.6 is 0 Å². The fourth-order valence-corrected chi connectivity index (χ4v) is 4.31. The van der Waals surface area contributed by atoms with Gasteiger partial charge < -0.3 is 14.2 Å². The van der Waals surface area contributed by atoms with Crippen molar-refractivity contribution in [2.75, 3.05) is 24.6 Å². The molecule has 0 unspecified atom stereocenters. The fourth-order valence-electron chi connectivity index (χ4n) is 4.31. The highest BCUT2D eigenvalue weighted by molar-refractivity contribution is 5.74. The third kappa shape index (κ3) is 3.22. The van der Waals surface area contributed by atoms with E-state index in [0.29, 0.717) is 12.5 Å². The lowest BCUT2D eigenvalue weighted by Gasteiger charge is -2.31. The van der Waals surface area contributed by atoms with E-state index in [-0.39, 0.29) is 23.7 Å². The average molecular weight is 367 g/mol. The standard InChI is InChI=1S/C20H25N5O2/c1-4-27-20(26)18-13(2)5-6-14-11-25(12-15(14)18)17-8-7-16(22-23-17)19-21-9-10-24(19)3/h5-10,13-15,18H,4,11-12H2,1-3H3/t13-,14-,15-,18-/m0/s1. The fraction of sp³-hybridized carbons (Fsp3) is 0.500. The average Bonchev–Trinajstić information content (AvgIpc) is 3.28. The molecule has 1 fully saturated rings. The number of imidazole rings is 1. The number of carbonyl (C=O) groups is 1. The van der Waals surface area contributed by atoms with Gasteiger partial charge in [-0.25, -0.2) is 4.98 Å². The zero-order valence-corrected chi connectivity index (χ0v) is 15.9. The molecule has 0 bridgehead atoms. The Morgan fingerprint density at radius 1 is 1.26 bits per heavy atom. The van der Waals surface area contributed by atoms with Gasteiger partial charge in [-0.05, 0) is 36.8 Å². The van der Waals surface area contributed by atoms with E-state index in [9.17, 15) is 4.79 Å². The zero-order valence-electron chi connectivity index (χ0n) is 15.9. The smallest absolute Gasteiger partial charge is 0.309 e. The van der Waals surface area contributed by atoms with Crippen molar-refractivity contribution in [3.05, 3.63) is 36.7 Å². The van der Waals surface area contributed by atoms with E-state index >= 15 is 0 Å². The predicted octanol–water partition coefficient (Wildman–Crippen LogP) is 2.31. The lowest BCUT2D eigenvalue weighted by molar-refractivity contribution is -0.151. The largest absolute Gasteiger partial charge is 0.466 e. The number of rotatable bonds is 4. The Hall–Kier alpha value is -2.70. The van der Waals surface area contributed by atoms with Crippen molar-refractivity contribution in [1.82, 2.24) is 19.7 Å². The van der Waals surface area contributed by atoms with Crippen molar-refractivity contribution in [3.63, 3.8) is 0 Å². The minimum absolute atomic E-state index is 0.0811. The van der Waals surface area contributed by atoms with Crippen molar-refractivity contribution < 1.29 is 9.53 Å². The highest BCUT2D eigenvalue weighted by Crippen LogP contribution is 2.41. The summed E-state index contributed by atoms with van der Waals surface area (Å²) in [5, 5.41) is 8.78.